The van der Waals surface area contributed by atoms with E-state index in [9.17, 15) is 0 Å². The van der Waals surface area contributed by atoms with Crippen LogP contribution in [-0.2, 0) is 0 Å². The van der Waals surface area contributed by atoms with E-state index in [1.807, 2.05) is 31.2 Å². The average molecular weight is 206 g/mol. The Bertz CT molecular complexity index is 318. The molecule has 15 heavy (non-hydrogen) atoms. The third kappa shape index (κ3) is 2.96. The molecule has 1 atom stereocenters. The van der Waals surface area contributed by atoms with E-state index in [1.165, 1.54) is 12.8 Å². The van der Waals surface area contributed by atoms with E-state index in [0.717, 1.165) is 23.8 Å². The summed E-state index contributed by atoms with van der Waals surface area (Å²) in [5, 5.41) is 9.07. The van der Waals surface area contributed by atoms with Gasteiger partial charge in [-0.1, -0.05) is 19.1 Å². The van der Waals surface area contributed by atoms with Crippen LogP contribution in [0, 0.1) is 5.92 Å². The van der Waals surface area contributed by atoms with Crippen molar-refractivity contribution in [2.45, 2.75) is 25.7 Å². The molecule has 1 aromatic rings. The molecule has 82 valence electrons. The van der Waals surface area contributed by atoms with Crippen molar-refractivity contribution in [3.63, 3.8) is 0 Å². The van der Waals surface area contributed by atoms with Crippen LogP contribution < -0.4 is 4.74 Å². The van der Waals surface area contributed by atoms with Crippen LogP contribution in [0.25, 0.3) is 0 Å². The molecule has 0 aromatic heterocycles. The molecule has 0 saturated heterocycles. The lowest BCUT2D eigenvalue weighted by molar-refractivity contribution is 0.271. The fourth-order valence-electron chi connectivity index (χ4n) is 1.51. The number of aliphatic hydroxyl groups is 1. The van der Waals surface area contributed by atoms with Crippen LogP contribution in [0.4, 0.5) is 0 Å². The summed E-state index contributed by atoms with van der Waals surface area (Å²) in [5.41, 5.74) is 1.14. The van der Waals surface area contributed by atoms with E-state index in [4.69, 9.17) is 9.84 Å². The van der Waals surface area contributed by atoms with Gasteiger partial charge in [-0.15, -0.1) is 0 Å². The molecule has 2 heteroatoms. The smallest absolute Gasteiger partial charge is 0.119 e. The van der Waals surface area contributed by atoms with Gasteiger partial charge in [0.05, 0.1) is 6.61 Å². The standard InChI is InChI=1S/C13H18O2/c1-10(8-14)12-3-2-4-13(7-12)15-9-11-5-6-11/h2-4,7,10-11,14H,5-6,8-9H2,1H3. The van der Waals surface area contributed by atoms with Gasteiger partial charge in [0.1, 0.15) is 5.75 Å². The first-order valence-electron chi connectivity index (χ1n) is 5.63. The lowest BCUT2D eigenvalue weighted by Crippen LogP contribution is -2.02. The Morgan fingerprint density at radius 1 is 1.47 bits per heavy atom. The summed E-state index contributed by atoms with van der Waals surface area (Å²) < 4.78 is 5.68. The lowest BCUT2D eigenvalue weighted by atomic mass is 10.0. The highest BCUT2D eigenvalue weighted by Crippen LogP contribution is 2.30. The highest BCUT2D eigenvalue weighted by molar-refractivity contribution is 5.30. The van der Waals surface area contributed by atoms with Gasteiger partial charge in [-0.05, 0) is 36.5 Å². The molecule has 0 spiro atoms. The minimum Gasteiger partial charge on any atom is -0.493 e. The predicted molar refractivity (Wildman–Crippen MR) is 60.2 cm³/mol. The number of aliphatic hydroxyl groups excluding tert-OH is 1. The second kappa shape index (κ2) is 4.67. The first kappa shape index (κ1) is 10.5. The number of benzene rings is 1. The Balaban J connectivity index is 1.97. The van der Waals surface area contributed by atoms with Crippen LogP contribution in [0.1, 0.15) is 31.2 Å². The third-order valence-electron chi connectivity index (χ3n) is 2.88. The normalized spacial score (nSPS) is 17.5. The topological polar surface area (TPSA) is 29.5 Å². The van der Waals surface area contributed by atoms with Crippen molar-refractivity contribution in [3.05, 3.63) is 29.8 Å². The molecule has 1 fully saturated rings. The predicted octanol–water partition coefficient (Wildman–Crippen LogP) is 2.57. The SMILES string of the molecule is CC(CO)c1cccc(OCC2CC2)c1. The summed E-state index contributed by atoms with van der Waals surface area (Å²) >= 11 is 0. The zero-order valence-corrected chi connectivity index (χ0v) is 9.15. The van der Waals surface area contributed by atoms with E-state index < -0.39 is 0 Å². The molecule has 1 aliphatic rings. The monoisotopic (exact) mass is 206 g/mol. The van der Waals surface area contributed by atoms with Gasteiger partial charge in [-0.3, -0.25) is 0 Å². The van der Waals surface area contributed by atoms with Gasteiger partial charge in [-0.2, -0.15) is 0 Å². The largest absolute Gasteiger partial charge is 0.493 e. The van der Waals surface area contributed by atoms with Gasteiger partial charge in [-0.25, -0.2) is 0 Å². The maximum Gasteiger partial charge on any atom is 0.119 e. The molecule has 1 N–H and O–H groups in total. The molecule has 0 bridgehead atoms. The maximum absolute atomic E-state index is 9.07. The van der Waals surface area contributed by atoms with Crippen molar-refractivity contribution in [2.75, 3.05) is 13.2 Å². The van der Waals surface area contributed by atoms with Gasteiger partial charge in [0.15, 0.2) is 0 Å². The van der Waals surface area contributed by atoms with Crippen LogP contribution >= 0.6 is 0 Å². The van der Waals surface area contributed by atoms with Crippen molar-refractivity contribution >= 4 is 0 Å². The van der Waals surface area contributed by atoms with Gasteiger partial charge in [0.25, 0.3) is 0 Å². The minimum atomic E-state index is 0.187. The van der Waals surface area contributed by atoms with E-state index in [-0.39, 0.29) is 12.5 Å². The van der Waals surface area contributed by atoms with E-state index >= 15 is 0 Å². The second-order valence-corrected chi connectivity index (χ2v) is 4.41. The van der Waals surface area contributed by atoms with E-state index in [1.54, 1.807) is 0 Å². The first-order valence-corrected chi connectivity index (χ1v) is 5.63. The summed E-state index contributed by atoms with van der Waals surface area (Å²) in [4.78, 5) is 0. The molecule has 0 amide bonds. The summed E-state index contributed by atoms with van der Waals surface area (Å²) in [6, 6.07) is 8.04. The second-order valence-electron chi connectivity index (χ2n) is 4.41. The van der Waals surface area contributed by atoms with Crippen molar-refractivity contribution in [3.8, 4) is 5.75 Å². The van der Waals surface area contributed by atoms with Crippen molar-refractivity contribution in [2.24, 2.45) is 5.92 Å². The Hall–Kier alpha value is -1.02. The minimum absolute atomic E-state index is 0.187. The Kier molecular flexibility index (Phi) is 3.27. The highest BCUT2D eigenvalue weighted by Gasteiger charge is 2.21. The van der Waals surface area contributed by atoms with Crippen molar-refractivity contribution < 1.29 is 9.84 Å². The molecule has 1 aromatic carbocycles. The quantitative estimate of drug-likeness (QED) is 0.802. The summed E-state index contributed by atoms with van der Waals surface area (Å²) in [6.45, 7) is 3.04. The van der Waals surface area contributed by atoms with Gasteiger partial charge in [0.2, 0.25) is 0 Å². The molecule has 0 radical (unpaired) electrons. The Labute approximate surface area is 90.9 Å². The van der Waals surface area contributed by atoms with E-state index in [0.29, 0.717) is 0 Å². The fraction of sp³-hybridized carbons (Fsp3) is 0.538. The van der Waals surface area contributed by atoms with Gasteiger partial charge in [0, 0.05) is 12.5 Å². The summed E-state index contributed by atoms with van der Waals surface area (Å²) in [5.74, 6) is 1.90. The third-order valence-corrected chi connectivity index (χ3v) is 2.88. The van der Waals surface area contributed by atoms with Crippen LogP contribution in [0.3, 0.4) is 0 Å². The molecular formula is C13H18O2. The molecule has 0 heterocycles. The number of hydrogen-bond donors (Lipinski definition) is 1. The molecule has 2 rings (SSSR count). The molecule has 1 aliphatic carbocycles. The molecule has 0 aliphatic heterocycles. The maximum atomic E-state index is 9.07. The number of hydrogen-bond acceptors (Lipinski definition) is 2. The van der Waals surface area contributed by atoms with Crippen LogP contribution in [-0.4, -0.2) is 18.3 Å². The lowest BCUT2D eigenvalue weighted by Gasteiger charge is -2.11. The molecular weight excluding hydrogens is 188 g/mol. The van der Waals surface area contributed by atoms with Crippen LogP contribution in [0.5, 0.6) is 5.75 Å². The summed E-state index contributed by atoms with van der Waals surface area (Å²) in [7, 11) is 0. The van der Waals surface area contributed by atoms with Crippen molar-refractivity contribution in [1.29, 1.82) is 0 Å². The van der Waals surface area contributed by atoms with Gasteiger partial charge < -0.3 is 9.84 Å². The van der Waals surface area contributed by atoms with Crippen molar-refractivity contribution in [1.82, 2.24) is 0 Å². The molecule has 2 nitrogen and oxygen atoms in total. The summed E-state index contributed by atoms with van der Waals surface area (Å²) in [6.07, 6.45) is 2.62. The molecule has 1 saturated carbocycles. The first-order chi connectivity index (χ1) is 7.29. The average Bonchev–Trinajstić information content (AvgIpc) is 3.09. The molecule has 1 unspecified atom stereocenters. The number of rotatable bonds is 5. The van der Waals surface area contributed by atoms with Crippen LogP contribution in [0.15, 0.2) is 24.3 Å². The van der Waals surface area contributed by atoms with Gasteiger partial charge >= 0.3 is 0 Å². The Morgan fingerprint density at radius 2 is 2.27 bits per heavy atom. The fourth-order valence-corrected chi connectivity index (χ4v) is 1.51. The zero-order valence-electron chi connectivity index (χ0n) is 9.15. The Morgan fingerprint density at radius 3 is 2.93 bits per heavy atom. The number of ether oxygens (including phenoxy) is 1. The zero-order chi connectivity index (χ0) is 10.7. The van der Waals surface area contributed by atoms with E-state index in [2.05, 4.69) is 0 Å². The highest BCUT2D eigenvalue weighted by atomic mass is 16.5. The van der Waals surface area contributed by atoms with Crippen LogP contribution in [0.2, 0.25) is 0 Å².